The van der Waals surface area contributed by atoms with E-state index in [1.54, 1.807) is 7.11 Å². The summed E-state index contributed by atoms with van der Waals surface area (Å²) in [5.41, 5.74) is 0. The van der Waals surface area contributed by atoms with Crippen molar-refractivity contribution in [1.29, 1.82) is 0 Å². The average molecular weight is 208 g/mol. The molecule has 0 spiro atoms. The van der Waals surface area contributed by atoms with Crippen molar-refractivity contribution >= 4 is 11.1 Å². The third-order valence-corrected chi connectivity index (χ3v) is 3.02. The van der Waals surface area contributed by atoms with Crippen molar-refractivity contribution in [1.82, 2.24) is 0 Å². The van der Waals surface area contributed by atoms with Gasteiger partial charge in [-0.25, -0.2) is 4.21 Å². The molecule has 13 heavy (non-hydrogen) atoms. The molecule has 1 heterocycles. The first-order valence-electron chi connectivity index (χ1n) is 4.42. The summed E-state index contributed by atoms with van der Waals surface area (Å²) < 4.78 is 29.8. The van der Waals surface area contributed by atoms with Gasteiger partial charge >= 0.3 is 0 Å². The SMILES string of the molecule is COC(CS(=O)O)C1CCOCC1. The van der Waals surface area contributed by atoms with Crippen LogP contribution in [0.4, 0.5) is 0 Å². The van der Waals surface area contributed by atoms with Crippen LogP contribution in [-0.2, 0) is 20.6 Å². The summed E-state index contributed by atoms with van der Waals surface area (Å²) in [5.74, 6) is 0.580. The fraction of sp³-hybridized carbons (Fsp3) is 1.00. The summed E-state index contributed by atoms with van der Waals surface area (Å²) in [5, 5.41) is 0. The van der Waals surface area contributed by atoms with Crippen LogP contribution < -0.4 is 0 Å². The monoisotopic (exact) mass is 208 g/mol. The molecule has 0 radical (unpaired) electrons. The topological polar surface area (TPSA) is 55.8 Å². The van der Waals surface area contributed by atoms with Gasteiger partial charge in [-0.1, -0.05) is 0 Å². The number of methoxy groups -OCH3 is 1. The number of ether oxygens (including phenoxy) is 2. The van der Waals surface area contributed by atoms with Gasteiger partial charge in [-0.2, -0.15) is 0 Å². The molecule has 78 valence electrons. The zero-order valence-corrected chi connectivity index (χ0v) is 8.59. The van der Waals surface area contributed by atoms with Crippen LogP contribution in [0.15, 0.2) is 0 Å². The van der Waals surface area contributed by atoms with Gasteiger partial charge in [0.05, 0.1) is 11.9 Å². The highest BCUT2D eigenvalue weighted by atomic mass is 32.2. The number of rotatable bonds is 4. The summed E-state index contributed by atoms with van der Waals surface area (Å²) >= 11 is -1.76. The Morgan fingerprint density at radius 2 is 2.23 bits per heavy atom. The largest absolute Gasteiger partial charge is 0.381 e. The quantitative estimate of drug-likeness (QED) is 0.689. The van der Waals surface area contributed by atoms with Gasteiger partial charge < -0.3 is 14.0 Å². The second-order valence-electron chi connectivity index (χ2n) is 3.21. The molecule has 0 aromatic carbocycles. The number of hydrogen-bond donors (Lipinski definition) is 1. The summed E-state index contributed by atoms with van der Waals surface area (Å²) in [6.45, 7) is 1.48. The lowest BCUT2D eigenvalue weighted by molar-refractivity contribution is -0.00330. The highest BCUT2D eigenvalue weighted by Gasteiger charge is 2.25. The molecule has 0 bridgehead atoms. The summed E-state index contributed by atoms with van der Waals surface area (Å²) in [6.07, 6.45) is 1.75. The van der Waals surface area contributed by atoms with E-state index in [4.69, 9.17) is 14.0 Å². The minimum absolute atomic E-state index is 0.102. The normalized spacial score (nSPS) is 24.2. The van der Waals surface area contributed by atoms with Crippen LogP contribution in [0.1, 0.15) is 12.8 Å². The van der Waals surface area contributed by atoms with E-state index in [0.29, 0.717) is 5.92 Å². The van der Waals surface area contributed by atoms with Gasteiger partial charge in [-0.05, 0) is 18.8 Å². The molecule has 0 saturated carbocycles. The molecule has 0 aromatic heterocycles. The summed E-state index contributed by atoms with van der Waals surface area (Å²) in [6, 6.07) is 0. The first kappa shape index (κ1) is 11.1. The van der Waals surface area contributed by atoms with E-state index in [0.717, 1.165) is 26.1 Å². The van der Waals surface area contributed by atoms with Gasteiger partial charge in [0.1, 0.15) is 0 Å². The maximum Gasteiger partial charge on any atom is 0.155 e. The van der Waals surface area contributed by atoms with E-state index in [1.807, 2.05) is 0 Å². The lowest BCUT2D eigenvalue weighted by Gasteiger charge is -2.28. The minimum atomic E-state index is -1.76. The molecule has 1 aliphatic rings. The van der Waals surface area contributed by atoms with Crippen molar-refractivity contribution in [3.63, 3.8) is 0 Å². The molecule has 1 rings (SSSR count). The van der Waals surface area contributed by atoms with Crippen LogP contribution in [0, 0.1) is 5.92 Å². The Labute approximate surface area is 80.9 Å². The molecule has 0 aromatic rings. The molecule has 1 saturated heterocycles. The third kappa shape index (κ3) is 3.72. The second kappa shape index (κ2) is 5.70. The Hall–Kier alpha value is 0.0300. The van der Waals surface area contributed by atoms with Crippen LogP contribution in [-0.4, -0.2) is 40.9 Å². The van der Waals surface area contributed by atoms with Crippen molar-refractivity contribution < 1.29 is 18.2 Å². The molecule has 1 N–H and O–H groups in total. The molecule has 0 aliphatic carbocycles. The maximum atomic E-state index is 10.6. The van der Waals surface area contributed by atoms with Crippen LogP contribution in [0.3, 0.4) is 0 Å². The Morgan fingerprint density at radius 3 is 2.69 bits per heavy atom. The van der Waals surface area contributed by atoms with Crippen LogP contribution in [0.25, 0.3) is 0 Å². The molecular weight excluding hydrogens is 192 g/mol. The molecule has 4 nitrogen and oxygen atoms in total. The molecule has 2 unspecified atom stereocenters. The van der Waals surface area contributed by atoms with E-state index in [-0.39, 0.29) is 11.9 Å². The Bertz CT molecular complexity index is 168. The minimum Gasteiger partial charge on any atom is -0.381 e. The fourth-order valence-corrected chi connectivity index (χ4v) is 2.31. The molecular formula is C8H16O4S. The van der Waals surface area contributed by atoms with Crippen molar-refractivity contribution in [3.05, 3.63) is 0 Å². The maximum absolute atomic E-state index is 10.6. The van der Waals surface area contributed by atoms with Crippen LogP contribution >= 0.6 is 0 Å². The highest BCUT2D eigenvalue weighted by Crippen LogP contribution is 2.21. The van der Waals surface area contributed by atoms with E-state index < -0.39 is 11.1 Å². The second-order valence-corrected chi connectivity index (χ2v) is 4.19. The molecule has 5 heteroatoms. The predicted molar refractivity (Wildman–Crippen MR) is 50.0 cm³/mol. The van der Waals surface area contributed by atoms with E-state index in [9.17, 15) is 4.21 Å². The predicted octanol–water partition coefficient (Wildman–Crippen LogP) is 0.650. The number of hydrogen-bond acceptors (Lipinski definition) is 3. The Kier molecular flexibility index (Phi) is 4.87. The summed E-state index contributed by atoms with van der Waals surface area (Å²) in [7, 11) is 1.59. The van der Waals surface area contributed by atoms with E-state index in [2.05, 4.69) is 0 Å². The van der Waals surface area contributed by atoms with Gasteiger partial charge in [0.2, 0.25) is 0 Å². The first-order chi connectivity index (χ1) is 6.24. The summed E-state index contributed by atoms with van der Waals surface area (Å²) in [4.78, 5) is 0. The third-order valence-electron chi connectivity index (χ3n) is 2.40. The van der Waals surface area contributed by atoms with E-state index >= 15 is 0 Å². The van der Waals surface area contributed by atoms with Crippen molar-refractivity contribution in [2.24, 2.45) is 5.92 Å². The fourth-order valence-electron chi connectivity index (χ4n) is 1.62. The zero-order valence-electron chi connectivity index (χ0n) is 7.77. The van der Waals surface area contributed by atoms with Gasteiger partial charge in [0.25, 0.3) is 0 Å². The Morgan fingerprint density at radius 1 is 1.62 bits per heavy atom. The standard InChI is InChI=1S/C8H16O4S/c1-11-8(6-13(9)10)7-2-4-12-5-3-7/h7-8H,2-6H2,1H3,(H,9,10). The van der Waals surface area contributed by atoms with Gasteiger partial charge in [-0.3, -0.25) is 0 Å². The Balaban J connectivity index is 2.39. The van der Waals surface area contributed by atoms with Crippen molar-refractivity contribution in [3.8, 4) is 0 Å². The molecule has 1 aliphatic heterocycles. The van der Waals surface area contributed by atoms with E-state index in [1.165, 1.54) is 0 Å². The zero-order chi connectivity index (χ0) is 9.68. The van der Waals surface area contributed by atoms with Crippen LogP contribution in [0.2, 0.25) is 0 Å². The van der Waals surface area contributed by atoms with Gasteiger partial charge in [0, 0.05) is 20.3 Å². The highest BCUT2D eigenvalue weighted by molar-refractivity contribution is 7.79. The average Bonchev–Trinajstić information content (AvgIpc) is 2.15. The molecule has 0 amide bonds. The first-order valence-corrected chi connectivity index (χ1v) is 5.69. The van der Waals surface area contributed by atoms with Gasteiger partial charge in [-0.15, -0.1) is 0 Å². The van der Waals surface area contributed by atoms with Crippen molar-refractivity contribution in [2.45, 2.75) is 18.9 Å². The van der Waals surface area contributed by atoms with Gasteiger partial charge in [0.15, 0.2) is 11.1 Å². The van der Waals surface area contributed by atoms with Crippen LogP contribution in [0.5, 0.6) is 0 Å². The lowest BCUT2D eigenvalue weighted by atomic mass is 9.95. The molecule has 1 fully saturated rings. The lowest BCUT2D eigenvalue weighted by Crippen LogP contribution is -2.32. The van der Waals surface area contributed by atoms with Crippen molar-refractivity contribution in [2.75, 3.05) is 26.1 Å². The smallest absolute Gasteiger partial charge is 0.155 e. The molecule has 2 atom stereocenters.